The van der Waals surface area contributed by atoms with Crippen molar-refractivity contribution < 1.29 is 19.9 Å². The predicted octanol–water partition coefficient (Wildman–Crippen LogP) is 1.21. The number of methoxy groups -OCH3 is 1. The number of anilines is 1. The smallest absolute Gasteiger partial charge is 0.296 e. The number of nitrogens with two attached hydrogens (primary N) is 1. The summed E-state index contributed by atoms with van der Waals surface area (Å²) in [5.74, 6) is 0.317. The maximum absolute atomic E-state index is 10.9. The Morgan fingerprint density at radius 3 is 2.63 bits per heavy atom. The van der Waals surface area contributed by atoms with Gasteiger partial charge in [-0.1, -0.05) is 0 Å². The first-order valence-electron chi connectivity index (χ1n) is 5.46. The highest BCUT2D eigenvalue weighted by Gasteiger charge is 2.26. The first-order valence-corrected chi connectivity index (χ1v) is 5.99. The Balaban J connectivity index is 3.25. The minimum Gasteiger partial charge on any atom is -0.496 e. The number of benzene rings is 1. The van der Waals surface area contributed by atoms with E-state index in [1.54, 1.807) is 0 Å². The van der Waals surface area contributed by atoms with Gasteiger partial charge < -0.3 is 20.7 Å². The van der Waals surface area contributed by atoms with Crippen LogP contribution in [0.1, 0.15) is 18.1 Å². The molecule has 4 N–H and O–H groups in total. The third-order valence-electron chi connectivity index (χ3n) is 2.68. The van der Waals surface area contributed by atoms with Gasteiger partial charge in [-0.15, -0.1) is 11.6 Å². The zero-order valence-corrected chi connectivity index (χ0v) is 11.0. The van der Waals surface area contributed by atoms with Gasteiger partial charge >= 0.3 is 0 Å². The Kier molecular flexibility index (Phi) is 5.34. The lowest BCUT2D eigenvalue weighted by Crippen LogP contribution is -2.20. The molecule has 0 radical (unpaired) electrons. The van der Waals surface area contributed by atoms with Gasteiger partial charge in [0.2, 0.25) is 0 Å². The van der Waals surface area contributed by atoms with Crippen molar-refractivity contribution in [3.63, 3.8) is 0 Å². The molecule has 0 fully saturated rings. The number of aliphatic hydroxyl groups is 2. The second-order valence-corrected chi connectivity index (χ2v) is 4.27. The molecule has 0 bridgehead atoms. The minimum atomic E-state index is -1.37. The molecule has 2 unspecified atom stereocenters. The van der Waals surface area contributed by atoms with Crippen LogP contribution in [0.2, 0.25) is 0 Å². The number of hydrogen-bond donors (Lipinski definition) is 3. The van der Waals surface area contributed by atoms with E-state index in [-0.39, 0.29) is 35.0 Å². The molecule has 0 aliphatic rings. The van der Waals surface area contributed by atoms with Gasteiger partial charge in [-0.25, -0.2) is 0 Å². The zero-order chi connectivity index (χ0) is 14.6. The van der Waals surface area contributed by atoms with Crippen LogP contribution < -0.4 is 10.5 Å². The Labute approximate surface area is 114 Å². The van der Waals surface area contributed by atoms with Crippen molar-refractivity contribution in [2.45, 2.75) is 18.6 Å². The van der Waals surface area contributed by atoms with Crippen LogP contribution in [0.15, 0.2) is 12.1 Å². The molecule has 1 aromatic rings. The van der Waals surface area contributed by atoms with Crippen LogP contribution in [-0.4, -0.2) is 34.2 Å². The monoisotopic (exact) mass is 290 g/mol. The van der Waals surface area contributed by atoms with E-state index in [2.05, 4.69) is 0 Å². The third-order valence-corrected chi connectivity index (χ3v) is 2.90. The van der Waals surface area contributed by atoms with Gasteiger partial charge in [0.05, 0.1) is 24.2 Å². The molecule has 2 atom stereocenters. The van der Waals surface area contributed by atoms with Crippen LogP contribution in [0, 0.1) is 10.1 Å². The number of aliphatic hydroxyl groups excluding tert-OH is 2. The van der Waals surface area contributed by atoms with Gasteiger partial charge in [-0.05, 0) is 12.5 Å². The van der Waals surface area contributed by atoms with Crippen LogP contribution in [-0.2, 0) is 0 Å². The highest BCUT2D eigenvalue weighted by molar-refractivity contribution is 6.17. The zero-order valence-electron chi connectivity index (χ0n) is 10.2. The molecule has 0 aliphatic carbocycles. The van der Waals surface area contributed by atoms with Gasteiger partial charge in [0.25, 0.3) is 5.69 Å². The number of halogens is 1. The molecule has 0 saturated heterocycles. The van der Waals surface area contributed by atoms with Crippen LogP contribution in [0.4, 0.5) is 11.4 Å². The minimum absolute atomic E-state index is 0.0451. The topological polar surface area (TPSA) is 119 Å². The molecule has 8 heteroatoms. The maximum Gasteiger partial charge on any atom is 0.296 e. The van der Waals surface area contributed by atoms with Crippen molar-refractivity contribution in [1.29, 1.82) is 0 Å². The molecule has 19 heavy (non-hydrogen) atoms. The van der Waals surface area contributed by atoms with Crippen molar-refractivity contribution >= 4 is 23.0 Å². The Bertz CT molecular complexity index is 469. The average Bonchev–Trinajstić information content (AvgIpc) is 2.38. The SMILES string of the molecule is COc1cc(C(O)C(O)CCCl)c(N)c([N+](=O)[O-])c1. The number of nitro benzene ring substituents is 1. The summed E-state index contributed by atoms with van der Waals surface area (Å²) in [4.78, 5) is 10.2. The number of nitrogen functional groups attached to an aromatic ring is 1. The van der Waals surface area contributed by atoms with Crippen LogP contribution in [0.25, 0.3) is 0 Å². The number of alkyl halides is 1. The molecule has 0 saturated carbocycles. The highest BCUT2D eigenvalue weighted by Crippen LogP contribution is 2.35. The lowest BCUT2D eigenvalue weighted by molar-refractivity contribution is -0.384. The Morgan fingerprint density at radius 2 is 2.16 bits per heavy atom. The van der Waals surface area contributed by atoms with E-state index in [1.807, 2.05) is 0 Å². The van der Waals surface area contributed by atoms with E-state index in [4.69, 9.17) is 22.1 Å². The standard InChI is InChI=1S/C11H15ClN2O5/c1-19-6-4-7(11(16)9(15)2-3-12)10(13)8(5-6)14(17)18/h4-5,9,11,15-16H,2-3,13H2,1H3. The Hall–Kier alpha value is -1.57. The van der Waals surface area contributed by atoms with Gasteiger partial charge in [0.1, 0.15) is 17.5 Å². The molecule has 1 rings (SSSR count). The molecular formula is C11H15ClN2O5. The van der Waals surface area contributed by atoms with Crippen LogP contribution in [0.5, 0.6) is 5.75 Å². The maximum atomic E-state index is 10.9. The highest BCUT2D eigenvalue weighted by atomic mass is 35.5. The van der Waals surface area contributed by atoms with Crippen LogP contribution >= 0.6 is 11.6 Å². The first kappa shape index (κ1) is 15.5. The summed E-state index contributed by atoms with van der Waals surface area (Å²) in [6.07, 6.45) is -2.40. The average molecular weight is 291 g/mol. The van der Waals surface area contributed by atoms with Crippen molar-refractivity contribution in [2.24, 2.45) is 0 Å². The molecular weight excluding hydrogens is 276 g/mol. The summed E-state index contributed by atoms with van der Waals surface area (Å²) < 4.78 is 4.91. The van der Waals surface area contributed by atoms with Crippen LogP contribution in [0.3, 0.4) is 0 Å². The second kappa shape index (κ2) is 6.55. The van der Waals surface area contributed by atoms with Gasteiger partial charge in [-0.2, -0.15) is 0 Å². The van der Waals surface area contributed by atoms with Crippen molar-refractivity contribution in [2.75, 3.05) is 18.7 Å². The number of rotatable bonds is 6. The fraction of sp³-hybridized carbons (Fsp3) is 0.455. The van der Waals surface area contributed by atoms with Crippen molar-refractivity contribution in [3.05, 3.63) is 27.8 Å². The predicted molar refractivity (Wildman–Crippen MR) is 70.4 cm³/mol. The molecule has 1 aromatic carbocycles. The number of ether oxygens (including phenoxy) is 1. The summed E-state index contributed by atoms with van der Waals surface area (Å²) in [7, 11) is 1.33. The summed E-state index contributed by atoms with van der Waals surface area (Å²) in [5.41, 5.74) is 5.10. The van der Waals surface area contributed by atoms with Gasteiger partial charge in [-0.3, -0.25) is 10.1 Å². The lowest BCUT2D eigenvalue weighted by Gasteiger charge is -2.19. The van der Waals surface area contributed by atoms with E-state index >= 15 is 0 Å². The van der Waals surface area contributed by atoms with E-state index < -0.39 is 17.1 Å². The lowest BCUT2D eigenvalue weighted by atomic mass is 9.99. The molecule has 0 spiro atoms. The third kappa shape index (κ3) is 3.46. The summed E-state index contributed by atoms with van der Waals surface area (Å²) in [6, 6.07) is 2.50. The molecule has 106 valence electrons. The Morgan fingerprint density at radius 1 is 1.53 bits per heavy atom. The fourth-order valence-electron chi connectivity index (χ4n) is 1.62. The number of nitrogens with zero attached hydrogens (tertiary/aromatic N) is 1. The normalized spacial score (nSPS) is 13.9. The number of hydrogen-bond acceptors (Lipinski definition) is 6. The quantitative estimate of drug-likeness (QED) is 0.313. The molecule has 0 aliphatic heterocycles. The molecule has 0 aromatic heterocycles. The largest absolute Gasteiger partial charge is 0.496 e. The van der Waals surface area contributed by atoms with Gasteiger partial charge in [0, 0.05) is 11.4 Å². The summed E-state index contributed by atoms with van der Waals surface area (Å²) in [5, 5.41) is 30.5. The molecule has 7 nitrogen and oxygen atoms in total. The van der Waals surface area contributed by atoms with Crippen molar-refractivity contribution in [3.8, 4) is 5.75 Å². The molecule has 0 heterocycles. The summed E-state index contributed by atoms with van der Waals surface area (Å²) in [6.45, 7) is 0. The summed E-state index contributed by atoms with van der Waals surface area (Å²) >= 11 is 5.47. The van der Waals surface area contributed by atoms with Gasteiger partial charge in [0.15, 0.2) is 0 Å². The van der Waals surface area contributed by atoms with E-state index in [0.29, 0.717) is 0 Å². The first-order chi connectivity index (χ1) is 8.92. The second-order valence-electron chi connectivity index (χ2n) is 3.90. The van der Waals surface area contributed by atoms with E-state index in [0.717, 1.165) is 6.07 Å². The van der Waals surface area contributed by atoms with E-state index in [1.165, 1.54) is 13.2 Å². The fourth-order valence-corrected chi connectivity index (χ4v) is 1.85. The van der Waals surface area contributed by atoms with E-state index in [9.17, 15) is 20.3 Å². The molecule has 0 amide bonds. The van der Waals surface area contributed by atoms with Crippen molar-refractivity contribution in [1.82, 2.24) is 0 Å². The number of nitro groups is 1.